The maximum atomic E-state index is 5.55. The standard InChI is InChI=1S/C13H24N2OS/c1-5-7-16-9-12-15-13(10(3)4)11(17-12)8-14-6-2/h10,14H,5-9H2,1-4H3. The Morgan fingerprint density at radius 3 is 2.71 bits per heavy atom. The van der Waals surface area contributed by atoms with Crippen LogP contribution in [-0.2, 0) is 17.9 Å². The second-order valence-electron chi connectivity index (χ2n) is 4.40. The predicted molar refractivity (Wildman–Crippen MR) is 73.5 cm³/mol. The molecule has 0 spiro atoms. The maximum Gasteiger partial charge on any atom is 0.119 e. The highest BCUT2D eigenvalue weighted by molar-refractivity contribution is 7.11. The van der Waals surface area contributed by atoms with E-state index < -0.39 is 0 Å². The average Bonchev–Trinajstić information content (AvgIpc) is 2.70. The van der Waals surface area contributed by atoms with Crippen molar-refractivity contribution in [2.75, 3.05) is 13.2 Å². The third-order valence-electron chi connectivity index (χ3n) is 2.43. The van der Waals surface area contributed by atoms with Crippen molar-refractivity contribution < 1.29 is 4.74 Å². The lowest BCUT2D eigenvalue weighted by Gasteiger charge is -2.04. The lowest BCUT2D eigenvalue weighted by atomic mass is 10.1. The third-order valence-corrected chi connectivity index (χ3v) is 3.47. The fourth-order valence-electron chi connectivity index (χ4n) is 1.60. The van der Waals surface area contributed by atoms with E-state index in [4.69, 9.17) is 4.74 Å². The molecule has 1 rings (SSSR count). The van der Waals surface area contributed by atoms with Gasteiger partial charge in [-0.15, -0.1) is 11.3 Å². The largest absolute Gasteiger partial charge is 0.374 e. The zero-order chi connectivity index (χ0) is 12.7. The van der Waals surface area contributed by atoms with E-state index in [9.17, 15) is 0 Å². The predicted octanol–water partition coefficient (Wildman–Crippen LogP) is 3.30. The lowest BCUT2D eigenvalue weighted by molar-refractivity contribution is 0.121. The molecule has 0 radical (unpaired) electrons. The summed E-state index contributed by atoms with van der Waals surface area (Å²) in [6, 6.07) is 0. The van der Waals surface area contributed by atoms with Gasteiger partial charge >= 0.3 is 0 Å². The Morgan fingerprint density at radius 2 is 2.12 bits per heavy atom. The van der Waals surface area contributed by atoms with Gasteiger partial charge in [-0.2, -0.15) is 0 Å². The Labute approximate surface area is 109 Å². The van der Waals surface area contributed by atoms with Gasteiger partial charge in [0.2, 0.25) is 0 Å². The number of hydrogen-bond acceptors (Lipinski definition) is 4. The third kappa shape index (κ3) is 4.74. The Hall–Kier alpha value is -0.450. The summed E-state index contributed by atoms with van der Waals surface area (Å²) in [5.41, 5.74) is 1.23. The molecule has 1 aromatic heterocycles. The summed E-state index contributed by atoms with van der Waals surface area (Å²) in [5, 5.41) is 4.48. The molecule has 1 N–H and O–H groups in total. The van der Waals surface area contributed by atoms with Gasteiger partial charge in [0.15, 0.2) is 0 Å². The molecule has 0 aliphatic rings. The molecule has 1 heterocycles. The van der Waals surface area contributed by atoms with Crippen molar-refractivity contribution in [2.24, 2.45) is 0 Å². The van der Waals surface area contributed by atoms with Gasteiger partial charge < -0.3 is 10.1 Å². The summed E-state index contributed by atoms with van der Waals surface area (Å²) >= 11 is 1.78. The molecule has 3 nitrogen and oxygen atoms in total. The van der Waals surface area contributed by atoms with Crippen molar-refractivity contribution in [1.82, 2.24) is 10.3 Å². The molecular formula is C13H24N2OS. The van der Waals surface area contributed by atoms with Crippen LogP contribution in [0.3, 0.4) is 0 Å². The molecule has 17 heavy (non-hydrogen) atoms. The van der Waals surface area contributed by atoms with Crippen molar-refractivity contribution >= 4 is 11.3 Å². The first-order valence-electron chi connectivity index (χ1n) is 6.45. The Morgan fingerprint density at radius 1 is 1.35 bits per heavy atom. The van der Waals surface area contributed by atoms with E-state index >= 15 is 0 Å². The van der Waals surface area contributed by atoms with Crippen LogP contribution in [0.25, 0.3) is 0 Å². The summed E-state index contributed by atoms with van der Waals surface area (Å²) in [6.07, 6.45) is 1.06. The number of hydrogen-bond donors (Lipinski definition) is 1. The molecule has 98 valence electrons. The number of rotatable bonds is 8. The van der Waals surface area contributed by atoms with E-state index in [1.165, 1.54) is 10.6 Å². The van der Waals surface area contributed by atoms with Crippen LogP contribution in [0.5, 0.6) is 0 Å². The molecule has 0 atom stereocenters. The van der Waals surface area contributed by atoms with E-state index in [0.717, 1.165) is 31.1 Å². The molecule has 0 saturated carbocycles. The molecule has 0 bridgehead atoms. The SMILES string of the molecule is CCCOCc1nc(C(C)C)c(CNCC)s1. The Balaban J connectivity index is 2.66. The van der Waals surface area contributed by atoms with E-state index in [0.29, 0.717) is 12.5 Å². The van der Waals surface area contributed by atoms with Crippen molar-refractivity contribution in [3.63, 3.8) is 0 Å². The van der Waals surface area contributed by atoms with Gasteiger partial charge in [0.25, 0.3) is 0 Å². The van der Waals surface area contributed by atoms with Crippen LogP contribution in [0.4, 0.5) is 0 Å². The number of nitrogens with zero attached hydrogens (tertiary/aromatic N) is 1. The van der Waals surface area contributed by atoms with E-state index in [2.05, 4.69) is 38.0 Å². The van der Waals surface area contributed by atoms with Gasteiger partial charge in [-0.3, -0.25) is 0 Å². The van der Waals surface area contributed by atoms with Gasteiger partial charge in [0.05, 0.1) is 12.3 Å². The van der Waals surface area contributed by atoms with Gasteiger partial charge in [0, 0.05) is 18.0 Å². The first-order chi connectivity index (χ1) is 8.19. The summed E-state index contributed by atoms with van der Waals surface area (Å²) in [4.78, 5) is 6.05. The molecule has 4 heteroatoms. The summed E-state index contributed by atoms with van der Waals surface area (Å²) in [5.74, 6) is 0.486. The Kier molecular flexibility index (Phi) is 6.70. The second-order valence-corrected chi connectivity index (χ2v) is 5.57. The monoisotopic (exact) mass is 256 g/mol. The highest BCUT2D eigenvalue weighted by Gasteiger charge is 2.13. The first-order valence-corrected chi connectivity index (χ1v) is 7.27. The highest BCUT2D eigenvalue weighted by Crippen LogP contribution is 2.25. The van der Waals surface area contributed by atoms with Gasteiger partial charge in [-0.05, 0) is 18.9 Å². The summed E-state index contributed by atoms with van der Waals surface area (Å²) in [7, 11) is 0. The Bertz CT molecular complexity index is 323. The molecule has 0 fully saturated rings. The van der Waals surface area contributed by atoms with Crippen LogP contribution in [-0.4, -0.2) is 18.1 Å². The van der Waals surface area contributed by atoms with E-state index in [1.54, 1.807) is 11.3 Å². The fourth-order valence-corrected chi connectivity index (χ4v) is 2.73. The topological polar surface area (TPSA) is 34.1 Å². The zero-order valence-electron chi connectivity index (χ0n) is 11.4. The lowest BCUT2D eigenvalue weighted by Crippen LogP contribution is -2.12. The van der Waals surface area contributed by atoms with Crippen LogP contribution in [0.1, 0.15) is 55.6 Å². The van der Waals surface area contributed by atoms with Crippen molar-refractivity contribution in [3.05, 3.63) is 15.6 Å². The van der Waals surface area contributed by atoms with Crippen LogP contribution in [0.15, 0.2) is 0 Å². The molecule has 0 unspecified atom stereocenters. The average molecular weight is 256 g/mol. The van der Waals surface area contributed by atoms with Crippen LogP contribution in [0.2, 0.25) is 0 Å². The van der Waals surface area contributed by atoms with Crippen LogP contribution >= 0.6 is 11.3 Å². The molecule has 1 aromatic rings. The van der Waals surface area contributed by atoms with Crippen molar-refractivity contribution in [2.45, 2.75) is 53.2 Å². The van der Waals surface area contributed by atoms with Crippen molar-refractivity contribution in [3.8, 4) is 0 Å². The van der Waals surface area contributed by atoms with E-state index in [-0.39, 0.29) is 0 Å². The number of ether oxygens (including phenoxy) is 1. The van der Waals surface area contributed by atoms with E-state index in [1.807, 2.05) is 0 Å². The minimum atomic E-state index is 0.486. The number of aromatic nitrogens is 1. The van der Waals surface area contributed by atoms with Crippen LogP contribution < -0.4 is 5.32 Å². The summed E-state index contributed by atoms with van der Waals surface area (Å²) in [6.45, 7) is 12.0. The molecule has 0 aliphatic carbocycles. The first kappa shape index (κ1) is 14.6. The second kappa shape index (κ2) is 7.80. The fraction of sp³-hybridized carbons (Fsp3) is 0.769. The van der Waals surface area contributed by atoms with Gasteiger partial charge in [-0.1, -0.05) is 27.7 Å². The minimum absolute atomic E-state index is 0.486. The number of thiazole rings is 1. The van der Waals surface area contributed by atoms with Crippen molar-refractivity contribution in [1.29, 1.82) is 0 Å². The van der Waals surface area contributed by atoms with Crippen LogP contribution in [0, 0.1) is 0 Å². The summed E-state index contributed by atoms with van der Waals surface area (Å²) < 4.78 is 5.55. The normalized spacial score (nSPS) is 11.4. The van der Waals surface area contributed by atoms with Gasteiger partial charge in [0.1, 0.15) is 5.01 Å². The molecular weight excluding hydrogens is 232 g/mol. The zero-order valence-corrected chi connectivity index (χ0v) is 12.2. The highest BCUT2D eigenvalue weighted by atomic mass is 32.1. The molecule has 0 aromatic carbocycles. The maximum absolute atomic E-state index is 5.55. The molecule has 0 amide bonds. The molecule has 0 saturated heterocycles. The minimum Gasteiger partial charge on any atom is -0.374 e. The molecule has 0 aliphatic heterocycles. The quantitative estimate of drug-likeness (QED) is 0.725. The van der Waals surface area contributed by atoms with Gasteiger partial charge in [-0.25, -0.2) is 4.98 Å². The number of nitrogens with one attached hydrogen (secondary N) is 1. The smallest absolute Gasteiger partial charge is 0.119 e.